The fourth-order valence-electron chi connectivity index (χ4n) is 1.75. The summed E-state index contributed by atoms with van der Waals surface area (Å²) in [6, 6.07) is 1.40. The summed E-state index contributed by atoms with van der Waals surface area (Å²) in [7, 11) is -3.38. The minimum absolute atomic E-state index is 0.0882. The SMILES string of the molecule is Cc1ncc(N2CC(F)(F)C2)cc1S(C)(=O)=O. The van der Waals surface area contributed by atoms with Gasteiger partial charge >= 0.3 is 0 Å². The summed E-state index contributed by atoms with van der Waals surface area (Å²) in [6.45, 7) is 0.798. The zero-order chi connectivity index (χ0) is 12.8. The molecule has 0 aromatic carbocycles. The van der Waals surface area contributed by atoms with Crippen LogP contribution in [0.1, 0.15) is 5.69 Å². The number of halogens is 2. The molecule has 0 bridgehead atoms. The van der Waals surface area contributed by atoms with Crippen LogP contribution >= 0.6 is 0 Å². The lowest BCUT2D eigenvalue weighted by molar-refractivity contribution is -0.0263. The van der Waals surface area contributed by atoms with Crippen LogP contribution in [0.4, 0.5) is 14.5 Å². The van der Waals surface area contributed by atoms with Gasteiger partial charge in [-0.1, -0.05) is 0 Å². The second kappa shape index (κ2) is 3.63. The van der Waals surface area contributed by atoms with Crippen molar-refractivity contribution in [1.82, 2.24) is 4.98 Å². The topological polar surface area (TPSA) is 50.3 Å². The molecule has 1 aliphatic heterocycles. The van der Waals surface area contributed by atoms with Crippen LogP contribution in [0.2, 0.25) is 0 Å². The summed E-state index contributed by atoms with van der Waals surface area (Å²) >= 11 is 0. The van der Waals surface area contributed by atoms with E-state index in [0.29, 0.717) is 11.4 Å². The maximum Gasteiger partial charge on any atom is 0.282 e. The Morgan fingerprint density at radius 3 is 2.47 bits per heavy atom. The van der Waals surface area contributed by atoms with E-state index in [2.05, 4.69) is 4.98 Å². The van der Waals surface area contributed by atoms with Gasteiger partial charge in [0.2, 0.25) is 0 Å². The molecule has 1 fully saturated rings. The van der Waals surface area contributed by atoms with Crippen LogP contribution in [-0.4, -0.2) is 38.7 Å². The van der Waals surface area contributed by atoms with Crippen molar-refractivity contribution >= 4 is 15.5 Å². The summed E-state index contributed by atoms with van der Waals surface area (Å²) in [6.07, 6.45) is 2.49. The van der Waals surface area contributed by atoms with Gasteiger partial charge in [0.15, 0.2) is 9.84 Å². The molecule has 0 aliphatic carbocycles. The molecule has 2 heterocycles. The zero-order valence-corrected chi connectivity index (χ0v) is 10.3. The first-order chi connectivity index (χ1) is 7.69. The van der Waals surface area contributed by atoms with Gasteiger partial charge in [0.25, 0.3) is 5.92 Å². The van der Waals surface area contributed by atoms with Crippen molar-refractivity contribution in [1.29, 1.82) is 0 Å². The Morgan fingerprint density at radius 1 is 1.41 bits per heavy atom. The first-order valence-corrected chi connectivity index (χ1v) is 6.88. The van der Waals surface area contributed by atoms with Gasteiger partial charge in [-0.25, -0.2) is 17.2 Å². The standard InChI is InChI=1S/C10H12F2N2O2S/c1-7-9(17(2,15)16)3-8(4-13-7)14-5-10(11,12)6-14/h3-4H,5-6H2,1-2H3. The fourth-order valence-corrected chi connectivity index (χ4v) is 2.67. The van der Waals surface area contributed by atoms with Crippen molar-refractivity contribution < 1.29 is 17.2 Å². The number of nitrogens with zero attached hydrogens (tertiary/aromatic N) is 2. The minimum Gasteiger partial charge on any atom is -0.358 e. The van der Waals surface area contributed by atoms with E-state index in [9.17, 15) is 17.2 Å². The van der Waals surface area contributed by atoms with Crippen molar-refractivity contribution in [2.75, 3.05) is 24.2 Å². The molecule has 0 spiro atoms. The van der Waals surface area contributed by atoms with Gasteiger partial charge in [0.05, 0.1) is 35.6 Å². The number of pyridine rings is 1. The summed E-state index contributed by atoms with van der Waals surface area (Å²) < 4.78 is 48.3. The third-order valence-corrected chi connectivity index (χ3v) is 3.85. The van der Waals surface area contributed by atoms with Gasteiger partial charge in [-0.15, -0.1) is 0 Å². The van der Waals surface area contributed by atoms with Gasteiger partial charge in [-0.3, -0.25) is 4.98 Å². The van der Waals surface area contributed by atoms with Gasteiger partial charge < -0.3 is 4.90 Å². The molecular weight excluding hydrogens is 250 g/mol. The van der Waals surface area contributed by atoms with E-state index in [1.165, 1.54) is 17.2 Å². The molecule has 0 unspecified atom stereocenters. The van der Waals surface area contributed by atoms with E-state index in [1.807, 2.05) is 0 Å². The summed E-state index contributed by atoms with van der Waals surface area (Å²) in [4.78, 5) is 5.42. The van der Waals surface area contributed by atoms with Gasteiger partial charge in [-0.05, 0) is 13.0 Å². The largest absolute Gasteiger partial charge is 0.358 e. The molecule has 4 nitrogen and oxygen atoms in total. The molecule has 1 aromatic rings. The average Bonchev–Trinajstić information content (AvgIpc) is 2.13. The second-order valence-electron chi connectivity index (χ2n) is 4.26. The molecule has 1 aromatic heterocycles. The van der Waals surface area contributed by atoms with Crippen molar-refractivity contribution in [3.63, 3.8) is 0 Å². The fraction of sp³-hybridized carbons (Fsp3) is 0.500. The highest BCUT2D eigenvalue weighted by molar-refractivity contribution is 7.90. The van der Waals surface area contributed by atoms with Crippen molar-refractivity contribution in [3.8, 4) is 0 Å². The van der Waals surface area contributed by atoms with E-state index in [4.69, 9.17) is 0 Å². The summed E-state index contributed by atoms with van der Waals surface area (Å²) in [5.41, 5.74) is 0.797. The number of aromatic nitrogens is 1. The van der Waals surface area contributed by atoms with Crippen molar-refractivity contribution in [2.45, 2.75) is 17.7 Å². The molecule has 0 N–H and O–H groups in total. The summed E-state index contributed by atoms with van der Waals surface area (Å²) in [5, 5.41) is 0. The third-order valence-electron chi connectivity index (χ3n) is 2.64. The molecule has 0 atom stereocenters. The average molecular weight is 262 g/mol. The predicted octanol–water partition coefficient (Wildman–Crippen LogP) is 1.25. The maximum atomic E-state index is 12.7. The van der Waals surface area contributed by atoms with Gasteiger partial charge in [0.1, 0.15) is 0 Å². The first kappa shape index (κ1) is 12.2. The molecule has 7 heteroatoms. The number of alkyl halides is 2. The Balaban J connectivity index is 2.33. The van der Waals surface area contributed by atoms with Gasteiger partial charge in [-0.2, -0.15) is 0 Å². The number of anilines is 1. The first-order valence-electron chi connectivity index (χ1n) is 4.98. The van der Waals surface area contributed by atoms with E-state index in [1.54, 1.807) is 6.92 Å². The Labute approximate surface area is 98.2 Å². The lowest BCUT2D eigenvalue weighted by atomic mass is 10.1. The van der Waals surface area contributed by atoms with Crippen molar-refractivity contribution in [3.05, 3.63) is 18.0 Å². The van der Waals surface area contributed by atoms with E-state index in [0.717, 1.165) is 6.26 Å². The van der Waals surface area contributed by atoms with Crippen LogP contribution < -0.4 is 4.90 Å². The van der Waals surface area contributed by atoms with Crippen LogP contribution in [-0.2, 0) is 9.84 Å². The number of aryl methyl sites for hydroxylation is 1. The Bertz CT molecular complexity index is 549. The smallest absolute Gasteiger partial charge is 0.282 e. The normalized spacial score (nSPS) is 18.9. The van der Waals surface area contributed by atoms with Crippen LogP contribution in [0.5, 0.6) is 0 Å². The molecule has 2 rings (SSSR count). The monoisotopic (exact) mass is 262 g/mol. The number of sulfone groups is 1. The van der Waals surface area contributed by atoms with Crippen LogP contribution in [0.25, 0.3) is 0 Å². The number of hydrogen-bond donors (Lipinski definition) is 0. The molecule has 1 saturated heterocycles. The number of hydrogen-bond acceptors (Lipinski definition) is 4. The predicted molar refractivity (Wildman–Crippen MR) is 59.2 cm³/mol. The molecule has 0 saturated carbocycles. The number of rotatable bonds is 2. The molecule has 1 aliphatic rings. The van der Waals surface area contributed by atoms with E-state index < -0.39 is 15.8 Å². The Morgan fingerprint density at radius 2 is 2.00 bits per heavy atom. The Kier molecular flexibility index (Phi) is 2.61. The van der Waals surface area contributed by atoms with Gasteiger partial charge in [0, 0.05) is 6.26 Å². The van der Waals surface area contributed by atoms with Crippen molar-refractivity contribution in [2.24, 2.45) is 0 Å². The lowest BCUT2D eigenvalue weighted by Gasteiger charge is -2.40. The summed E-state index contributed by atoms with van der Waals surface area (Å²) in [5.74, 6) is -2.68. The maximum absolute atomic E-state index is 12.7. The highest BCUT2D eigenvalue weighted by atomic mass is 32.2. The quantitative estimate of drug-likeness (QED) is 0.805. The highest BCUT2D eigenvalue weighted by Gasteiger charge is 2.44. The zero-order valence-electron chi connectivity index (χ0n) is 9.44. The molecule has 17 heavy (non-hydrogen) atoms. The van der Waals surface area contributed by atoms with E-state index >= 15 is 0 Å². The highest BCUT2D eigenvalue weighted by Crippen LogP contribution is 2.32. The van der Waals surface area contributed by atoms with Crippen LogP contribution in [0.15, 0.2) is 17.2 Å². The minimum atomic E-state index is -3.38. The molecule has 0 radical (unpaired) electrons. The van der Waals surface area contributed by atoms with Crippen LogP contribution in [0.3, 0.4) is 0 Å². The lowest BCUT2D eigenvalue weighted by Crippen LogP contribution is -2.56. The second-order valence-corrected chi connectivity index (χ2v) is 6.25. The Hall–Kier alpha value is -1.24. The molecule has 0 amide bonds. The molecular formula is C10H12F2N2O2S. The third kappa shape index (κ3) is 2.38. The molecule has 94 valence electrons. The van der Waals surface area contributed by atoms with E-state index in [-0.39, 0.29) is 18.0 Å². The van der Waals surface area contributed by atoms with Crippen LogP contribution in [0, 0.1) is 6.92 Å².